The fraction of sp³-hybridized carbons (Fsp3) is 0.200. The van der Waals surface area contributed by atoms with Gasteiger partial charge in [-0.25, -0.2) is 0 Å². The lowest BCUT2D eigenvalue weighted by molar-refractivity contribution is 0.0823. The summed E-state index contributed by atoms with van der Waals surface area (Å²) in [5, 5.41) is 2.56. The van der Waals surface area contributed by atoms with Gasteiger partial charge in [0, 0.05) is 44.4 Å². The second-order valence-corrected chi connectivity index (χ2v) is 24.1. The van der Waals surface area contributed by atoms with Gasteiger partial charge in [0.1, 0.15) is 0 Å². The molecule has 1 aromatic heterocycles. The minimum Gasteiger partial charge on any atom is -0.310 e. The van der Waals surface area contributed by atoms with Crippen LogP contribution < -0.4 is 4.90 Å². The van der Waals surface area contributed by atoms with Gasteiger partial charge in [-0.05, 0) is 183 Å². The standard InChI is InChI=1S/C75H62N2/c1-48-42-54-44-51-45-55(43-48)75(54)69-47-59(39-41-67(69)74(52-18-6-4-7-19-52,53-20-8-5-9-21-53)66-27-15-11-25-64(66)72(51)75)76(58-38-40-61-60-22-10-14-26-65(60)73(2,3)68(61)46-58)56-34-30-49(31-35-56)50-32-36-57(37-33-50)77-70-28-16-12-23-62(70)63-24-13-17-29-71(63)77/h4-41,46-48,51,54-55,72H,42-45H2,1-3H3/t48-,51+,54+,55-,72?,75?. The highest BCUT2D eigenvalue weighted by atomic mass is 15.1. The number of benzene rings is 10. The number of hydrogen-bond acceptors (Lipinski definition) is 1. The van der Waals surface area contributed by atoms with Gasteiger partial charge in [-0.3, -0.25) is 0 Å². The summed E-state index contributed by atoms with van der Waals surface area (Å²) in [6.07, 6.45) is 5.23. The van der Waals surface area contributed by atoms with Crippen LogP contribution in [0.3, 0.4) is 0 Å². The van der Waals surface area contributed by atoms with E-state index in [9.17, 15) is 0 Å². The molecular formula is C75H62N2. The SMILES string of the molecule is C[C@H]1C[C@@H]2C[C@@H]3C[C@H](C1)C21c2cc(N(c4ccc(-c5ccc(-n6c7ccccc7c7ccccc76)cc5)cc4)c4ccc5c(c4)C(C)(C)c4ccccc4-5)ccc2C(c2ccccc2)(c2ccccc2)c2ccccc2C31. The Kier molecular flexibility index (Phi) is 9.74. The first-order valence-corrected chi connectivity index (χ1v) is 28.4. The minimum absolute atomic E-state index is 0.0203. The zero-order valence-electron chi connectivity index (χ0n) is 44.2. The van der Waals surface area contributed by atoms with Crippen molar-refractivity contribution in [2.24, 2.45) is 23.7 Å². The monoisotopic (exact) mass is 990 g/mol. The summed E-state index contributed by atoms with van der Waals surface area (Å²) in [4.78, 5) is 2.60. The summed E-state index contributed by atoms with van der Waals surface area (Å²) in [5.41, 5.74) is 23.3. The van der Waals surface area contributed by atoms with Crippen LogP contribution in [0.5, 0.6) is 0 Å². The van der Waals surface area contributed by atoms with Crippen LogP contribution in [0.15, 0.2) is 243 Å². The molecule has 0 amide bonds. The Bertz CT molecular complexity index is 4010. The van der Waals surface area contributed by atoms with E-state index in [-0.39, 0.29) is 10.8 Å². The molecule has 5 aliphatic carbocycles. The van der Waals surface area contributed by atoms with Crippen LogP contribution in [0.25, 0.3) is 49.7 Å². The predicted octanol–water partition coefficient (Wildman–Crippen LogP) is 19.0. The van der Waals surface area contributed by atoms with Gasteiger partial charge >= 0.3 is 0 Å². The van der Waals surface area contributed by atoms with Crippen molar-refractivity contribution in [1.29, 1.82) is 0 Å². The van der Waals surface area contributed by atoms with Crippen molar-refractivity contribution in [3.8, 4) is 27.9 Å². The van der Waals surface area contributed by atoms with Gasteiger partial charge in [0.25, 0.3) is 0 Å². The van der Waals surface area contributed by atoms with Gasteiger partial charge in [-0.2, -0.15) is 0 Å². The molecule has 0 aliphatic heterocycles. The van der Waals surface area contributed by atoms with Crippen molar-refractivity contribution in [1.82, 2.24) is 4.57 Å². The van der Waals surface area contributed by atoms with Crippen LogP contribution in [-0.2, 0) is 16.2 Å². The molecule has 3 saturated carbocycles. The van der Waals surface area contributed by atoms with Crippen molar-refractivity contribution >= 4 is 38.9 Å². The number of rotatable bonds is 7. The Morgan fingerprint density at radius 2 is 0.922 bits per heavy atom. The molecule has 2 nitrogen and oxygen atoms in total. The zero-order valence-corrected chi connectivity index (χ0v) is 44.2. The molecule has 16 rings (SSSR count). The lowest BCUT2D eigenvalue weighted by Crippen LogP contribution is -2.46. The summed E-state index contributed by atoms with van der Waals surface area (Å²) >= 11 is 0. The largest absolute Gasteiger partial charge is 0.310 e. The second kappa shape index (κ2) is 16.6. The van der Waals surface area contributed by atoms with Gasteiger partial charge in [-0.15, -0.1) is 0 Å². The zero-order chi connectivity index (χ0) is 51.2. The van der Waals surface area contributed by atoms with Crippen molar-refractivity contribution in [2.75, 3.05) is 4.90 Å². The second-order valence-electron chi connectivity index (χ2n) is 24.1. The minimum atomic E-state index is -0.515. The van der Waals surface area contributed by atoms with E-state index in [4.69, 9.17) is 0 Å². The average molecular weight is 991 g/mol. The quantitative estimate of drug-likeness (QED) is 0.154. The van der Waals surface area contributed by atoms with E-state index in [1.165, 1.54) is 120 Å². The maximum atomic E-state index is 2.74. The number of fused-ring (bicyclic) bond motifs is 8. The van der Waals surface area contributed by atoms with Crippen LogP contribution >= 0.6 is 0 Å². The van der Waals surface area contributed by atoms with Crippen molar-refractivity contribution in [3.63, 3.8) is 0 Å². The number of nitrogens with zero attached hydrogens (tertiary/aromatic N) is 2. The third-order valence-electron chi connectivity index (χ3n) is 20.1. The van der Waals surface area contributed by atoms with E-state index in [2.05, 4.69) is 273 Å². The molecule has 1 spiro atoms. The molecule has 3 fully saturated rings. The van der Waals surface area contributed by atoms with Gasteiger partial charge in [0.15, 0.2) is 0 Å². The summed E-state index contributed by atoms with van der Waals surface area (Å²) in [5.74, 6) is 3.10. The highest BCUT2D eigenvalue weighted by Gasteiger charge is 2.69. The fourth-order valence-electron chi connectivity index (χ4n) is 17.4. The number of anilines is 3. The number of hydrogen-bond donors (Lipinski definition) is 0. The molecule has 0 saturated heterocycles. The normalized spacial score (nSPS) is 22.7. The Hall–Kier alpha value is -8.20. The fourth-order valence-corrected chi connectivity index (χ4v) is 17.4. The van der Waals surface area contributed by atoms with Gasteiger partial charge in [0.2, 0.25) is 0 Å². The van der Waals surface area contributed by atoms with Gasteiger partial charge in [0.05, 0.1) is 16.4 Å². The van der Waals surface area contributed by atoms with E-state index >= 15 is 0 Å². The summed E-state index contributed by atoms with van der Waals surface area (Å²) in [7, 11) is 0. The Balaban J connectivity index is 0.902. The maximum absolute atomic E-state index is 2.74. The molecule has 2 heteroatoms. The lowest BCUT2D eigenvalue weighted by Gasteiger charge is -2.51. The van der Waals surface area contributed by atoms with Crippen LogP contribution in [-0.4, -0.2) is 4.57 Å². The lowest BCUT2D eigenvalue weighted by atomic mass is 9.53. The van der Waals surface area contributed by atoms with E-state index in [1.807, 2.05) is 0 Å². The predicted molar refractivity (Wildman–Crippen MR) is 319 cm³/mol. The van der Waals surface area contributed by atoms with E-state index in [0.717, 1.165) is 11.6 Å². The number of aromatic nitrogens is 1. The molecule has 0 radical (unpaired) electrons. The van der Waals surface area contributed by atoms with Crippen LogP contribution in [0.4, 0.5) is 17.1 Å². The van der Waals surface area contributed by atoms with Crippen molar-refractivity contribution in [2.45, 2.75) is 68.6 Å². The number of para-hydroxylation sites is 2. The molecule has 372 valence electrons. The first kappa shape index (κ1) is 45.0. The molecule has 10 aromatic carbocycles. The molecule has 2 bridgehead atoms. The highest BCUT2D eigenvalue weighted by Crippen LogP contribution is 2.76. The first-order chi connectivity index (χ1) is 37.8. The molecule has 77 heavy (non-hydrogen) atoms. The topological polar surface area (TPSA) is 8.17 Å². The summed E-state index contributed by atoms with van der Waals surface area (Å²) in [6.45, 7) is 7.37. The molecule has 5 aliphatic rings. The molecule has 6 atom stereocenters. The van der Waals surface area contributed by atoms with Gasteiger partial charge < -0.3 is 9.47 Å². The molecule has 1 heterocycles. The summed E-state index contributed by atoms with van der Waals surface area (Å²) in [6, 6.07) is 93.2. The molecule has 0 N–H and O–H groups in total. The van der Waals surface area contributed by atoms with E-state index < -0.39 is 5.41 Å². The van der Waals surface area contributed by atoms with E-state index in [1.54, 1.807) is 11.1 Å². The smallest absolute Gasteiger partial charge is 0.0707 e. The van der Waals surface area contributed by atoms with Crippen molar-refractivity contribution < 1.29 is 0 Å². The van der Waals surface area contributed by atoms with E-state index in [0.29, 0.717) is 23.7 Å². The highest BCUT2D eigenvalue weighted by molar-refractivity contribution is 6.09. The van der Waals surface area contributed by atoms with Crippen LogP contribution in [0.2, 0.25) is 0 Å². The third kappa shape index (κ3) is 6.19. The van der Waals surface area contributed by atoms with Crippen LogP contribution in [0.1, 0.15) is 96.9 Å². The Morgan fingerprint density at radius 1 is 0.416 bits per heavy atom. The Labute approximate surface area is 453 Å². The molecule has 11 aromatic rings. The molecule has 2 unspecified atom stereocenters. The Morgan fingerprint density at radius 3 is 1.57 bits per heavy atom. The average Bonchev–Trinajstić information content (AvgIpc) is 4.20. The van der Waals surface area contributed by atoms with Crippen molar-refractivity contribution in [3.05, 3.63) is 287 Å². The molecular weight excluding hydrogens is 929 g/mol. The maximum Gasteiger partial charge on any atom is 0.0707 e. The summed E-state index contributed by atoms with van der Waals surface area (Å²) < 4.78 is 2.40. The van der Waals surface area contributed by atoms with Crippen LogP contribution in [0, 0.1) is 23.7 Å². The third-order valence-corrected chi connectivity index (χ3v) is 20.1. The first-order valence-electron chi connectivity index (χ1n) is 28.4. The van der Waals surface area contributed by atoms with Gasteiger partial charge in [-0.1, -0.05) is 203 Å².